The van der Waals surface area contributed by atoms with Crippen LogP contribution in [0.2, 0.25) is 0 Å². The van der Waals surface area contributed by atoms with E-state index in [4.69, 9.17) is 10.5 Å². The van der Waals surface area contributed by atoms with Crippen molar-refractivity contribution in [1.82, 2.24) is 0 Å². The zero-order valence-electron chi connectivity index (χ0n) is 11.2. The molecule has 4 nitrogen and oxygen atoms in total. The maximum Gasteiger partial charge on any atom is 0.259 e. The molecule has 0 atom stereocenters. The molecule has 2 rings (SSSR count). The number of halogens is 1. The minimum absolute atomic E-state index is 0.302. The summed E-state index contributed by atoms with van der Waals surface area (Å²) in [7, 11) is 1.44. The van der Waals surface area contributed by atoms with Crippen molar-refractivity contribution in [3.05, 3.63) is 53.3 Å². The van der Waals surface area contributed by atoms with E-state index in [9.17, 15) is 9.18 Å². The first kappa shape index (κ1) is 13.9. The molecular weight excluding hydrogens is 259 g/mol. The van der Waals surface area contributed by atoms with E-state index in [0.717, 1.165) is 0 Å². The lowest BCUT2D eigenvalue weighted by molar-refractivity contribution is 0.102. The number of methoxy groups -OCH3 is 1. The van der Waals surface area contributed by atoms with Gasteiger partial charge in [0.2, 0.25) is 0 Å². The number of nitrogens with two attached hydrogens (primary N) is 1. The number of anilines is 2. The van der Waals surface area contributed by atoms with Crippen LogP contribution in [0.15, 0.2) is 36.4 Å². The lowest BCUT2D eigenvalue weighted by atomic mass is 10.1. The topological polar surface area (TPSA) is 64.3 Å². The normalized spacial score (nSPS) is 10.2. The Morgan fingerprint density at radius 2 is 1.95 bits per heavy atom. The van der Waals surface area contributed by atoms with Crippen molar-refractivity contribution < 1.29 is 13.9 Å². The van der Waals surface area contributed by atoms with Gasteiger partial charge in [-0.05, 0) is 31.2 Å². The Kier molecular flexibility index (Phi) is 3.89. The van der Waals surface area contributed by atoms with E-state index in [1.807, 2.05) is 0 Å². The molecule has 2 aromatic carbocycles. The molecule has 0 bridgehead atoms. The molecule has 0 aliphatic carbocycles. The number of amides is 1. The Bertz CT molecular complexity index is 656. The highest BCUT2D eigenvalue weighted by atomic mass is 19.1. The van der Waals surface area contributed by atoms with Crippen molar-refractivity contribution in [3.63, 3.8) is 0 Å². The summed E-state index contributed by atoms with van der Waals surface area (Å²) in [4.78, 5) is 12.2. The number of nitrogen functional groups attached to an aromatic ring is 1. The highest BCUT2D eigenvalue weighted by Gasteiger charge is 2.15. The van der Waals surface area contributed by atoms with E-state index >= 15 is 0 Å². The fourth-order valence-corrected chi connectivity index (χ4v) is 1.89. The van der Waals surface area contributed by atoms with Gasteiger partial charge < -0.3 is 15.8 Å². The molecule has 0 saturated heterocycles. The number of hydrogen-bond acceptors (Lipinski definition) is 3. The molecule has 3 N–H and O–H groups in total. The van der Waals surface area contributed by atoms with Crippen molar-refractivity contribution >= 4 is 17.3 Å². The van der Waals surface area contributed by atoms with E-state index in [0.29, 0.717) is 28.3 Å². The Morgan fingerprint density at radius 3 is 2.65 bits per heavy atom. The third kappa shape index (κ3) is 2.56. The van der Waals surface area contributed by atoms with Crippen LogP contribution in [0.25, 0.3) is 0 Å². The van der Waals surface area contributed by atoms with Crippen LogP contribution in [0.5, 0.6) is 5.75 Å². The van der Waals surface area contributed by atoms with Crippen LogP contribution in [-0.2, 0) is 0 Å². The van der Waals surface area contributed by atoms with Crippen LogP contribution >= 0.6 is 0 Å². The number of rotatable bonds is 3. The fraction of sp³-hybridized carbons (Fsp3) is 0.133. The average Bonchev–Trinajstić information content (AvgIpc) is 2.43. The summed E-state index contributed by atoms with van der Waals surface area (Å²) in [6.45, 7) is 1.60. The SMILES string of the molecule is COc1c(N)cccc1C(=O)Nc1cccc(F)c1C. The van der Waals surface area contributed by atoms with Crippen LogP contribution in [-0.4, -0.2) is 13.0 Å². The quantitative estimate of drug-likeness (QED) is 0.846. The average molecular weight is 274 g/mol. The second-order valence-corrected chi connectivity index (χ2v) is 4.29. The number of hydrogen-bond donors (Lipinski definition) is 2. The number of carbonyl (C=O) groups is 1. The summed E-state index contributed by atoms with van der Waals surface area (Å²) >= 11 is 0. The molecule has 0 fully saturated rings. The molecule has 0 spiro atoms. The second kappa shape index (κ2) is 5.61. The Balaban J connectivity index is 2.34. The van der Waals surface area contributed by atoms with Crippen LogP contribution in [0.4, 0.5) is 15.8 Å². The van der Waals surface area contributed by atoms with E-state index < -0.39 is 5.91 Å². The van der Waals surface area contributed by atoms with Gasteiger partial charge in [-0.2, -0.15) is 0 Å². The summed E-state index contributed by atoms with van der Waals surface area (Å²) in [6.07, 6.45) is 0. The van der Waals surface area contributed by atoms with Crippen molar-refractivity contribution in [2.75, 3.05) is 18.2 Å². The molecule has 0 radical (unpaired) electrons. The van der Waals surface area contributed by atoms with Gasteiger partial charge in [0, 0.05) is 11.3 Å². The van der Waals surface area contributed by atoms with Crippen LogP contribution in [0.3, 0.4) is 0 Å². The number of nitrogens with one attached hydrogen (secondary N) is 1. The van der Waals surface area contributed by atoms with E-state index in [1.54, 1.807) is 31.2 Å². The minimum atomic E-state index is -0.400. The number of ether oxygens (including phenoxy) is 1. The van der Waals surface area contributed by atoms with Crippen molar-refractivity contribution in [1.29, 1.82) is 0 Å². The molecule has 1 amide bonds. The molecule has 0 unspecified atom stereocenters. The summed E-state index contributed by atoms with van der Waals surface area (Å²) in [6, 6.07) is 9.41. The predicted octanol–water partition coefficient (Wildman–Crippen LogP) is 2.98. The van der Waals surface area contributed by atoms with Crippen LogP contribution in [0.1, 0.15) is 15.9 Å². The lowest BCUT2D eigenvalue weighted by Crippen LogP contribution is -2.15. The molecule has 0 saturated carbocycles. The van der Waals surface area contributed by atoms with Crippen LogP contribution in [0, 0.1) is 12.7 Å². The molecular formula is C15H15FN2O2. The zero-order chi connectivity index (χ0) is 14.7. The zero-order valence-corrected chi connectivity index (χ0v) is 11.2. The maximum atomic E-state index is 13.4. The summed E-state index contributed by atoms with van der Waals surface area (Å²) in [5, 5.41) is 2.65. The molecule has 104 valence electrons. The molecule has 0 aliphatic rings. The van der Waals surface area contributed by atoms with E-state index in [-0.39, 0.29) is 5.82 Å². The highest BCUT2D eigenvalue weighted by Crippen LogP contribution is 2.27. The van der Waals surface area contributed by atoms with Gasteiger partial charge in [-0.1, -0.05) is 12.1 Å². The first-order valence-corrected chi connectivity index (χ1v) is 6.03. The number of carbonyl (C=O) groups excluding carboxylic acids is 1. The van der Waals surface area contributed by atoms with Gasteiger partial charge in [-0.3, -0.25) is 4.79 Å². The Labute approximate surface area is 116 Å². The summed E-state index contributed by atoms with van der Waals surface area (Å²) in [5.74, 6) is -0.468. The van der Waals surface area contributed by atoms with Crippen molar-refractivity contribution in [2.45, 2.75) is 6.92 Å². The van der Waals surface area contributed by atoms with E-state index in [1.165, 1.54) is 19.2 Å². The first-order valence-electron chi connectivity index (χ1n) is 6.03. The van der Waals surface area contributed by atoms with Gasteiger partial charge in [0.15, 0.2) is 5.75 Å². The summed E-state index contributed by atoms with van der Waals surface area (Å²) < 4.78 is 18.6. The largest absolute Gasteiger partial charge is 0.494 e. The van der Waals surface area contributed by atoms with Gasteiger partial charge in [0.1, 0.15) is 5.82 Å². The molecule has 5 heteroatoms. The molecule has 0 heterocycles. The third-order valence-corrected chi connectivity index (χ3v) is 3.01. The third-order valence-electron chi connectivity index (χ3n) is 3.01. The number of benzene rings is 2. The monoisotopic (exact) mass is 274 g/mol. The fourth-order valence-electron chi connectivity index (χ4n) is 1.89. The van der Waals surface area contributed by atoms with Crippen molar-refractivity contribution in [2.24, 2.45) is 0 Å². The molecule has 20 heavy (non-hydrogen) atoms. The first-order chi connectivity index (χ1) is 9.54. The second-order valence-electron chi connectivity index (χ2n) is 4.29. The molecule has 0 aromatic heterocycles. The van der Waals surface area contributed by atoms with E-state index in [2.05, 4.69) is 5.32 Å². The summed E-state index contributed by atoms with van der Waals surface area (Å²) in [5.41, 5.74) is 7.22. The minimum Gasteiger partial charge on any atom is -0.494 e. The Hall–Kier alpha value is -2.56. The van der Waals surface area contributed by atoms with Gasteiger partial charge >= 0.3 is 0 Å². The predicted molar refractivity (Wildman–Crippen MR) is 76.5 cm³/mol. The van der Waals surface area contributed by atoms with Crippen molar-refractivity contribution in [3.8, 4) is 5.75 Å². The van der Waals surface area contributed by atoms with Gasteiger partial charge in [0.25, 0.3) is 5.91 Å². The maximum absolute atomic E-state index is 13.4. The van der Waals surface area contributed by atoms with Gasteiger partial charge in [0.05, 0.1) is 18.4 Å². The molecule has 0 aliphatic heterocycles. The number of para-hydroxylation sites is 1. The Morgan fingerprint density at radius 1 is 1.25 bits per heavy atom. The standard InChI is InChI=1S/C15H15FN2O2/c1-9-11(16)6-4-8-13(9)18-15(19)10-5-3-7-12(17)14(10)20-2/h3-8H,17H2,1-2H3,(H,18,19). The lowest BCUT2D eigenvalue weighted by Gasteiger charge is -2.12. The smallest absolute Gasteiger partial charge is 0.259 e. The van der Waals surface area contributed by atoms with Gasteiger partial charge in [-0.15, -0.1) is 0 Å². The highest BCUT2D eigenvalue weighted by molar-refractivity contribution is 6.07. The molecule has 2 aromatic rings. The van der Waals surface area contributed by atoms with Crippen LogP contribution < -0.4 is 15.8 Å². The van der Waals surface area contributed by atoms with Gasteiger partial charge in [-0.25, -0.2) is 4.39 Å².